The fraction of sp³-hybridized carbons (Fsp3) is 0.722. The van der Waals surface area contributed by atoms with Crippen LogP contribution in [0.3, 0.4) is 0 Å². The average molecular weight is 367 g/mol. The molecule has 0 aliphatic heterocycles. The average Bonchev–Trinajstić information content (AvgIpc) is 2.69. The minimum Gasteiger partial charge on any atom is -0.299 e. The van der Waals surface area contributed by atoms with Crippen LogP contribution in [0, 0.1) is 22.2 Å². The molecule has 0 radical (unpaired) electrons. The van der Waals surface area contributed by atoms with Crippen LogP contribution in [-0.2, 0) is 11.2 Å². The molecule has 21 heavy (non-hydrogen) atoms. The number of carbonyl (C=O) groups excluding carboxylic acids is 1. The van der Waals surface area contributed by atoms with Crippen LogP contribution in [0.1, 0.15) is 57.2 Å². The predicted molar refractivity (Wildman–Crippen MR) is 90.6 cm³/mol. The van der Waals surface area contributed by atoms with Gasteiger partial charge >= 0.3 is 0 Å². The van der Waals surface area contributed by atoms with Gasteiger partial charge in [-0.05, 0) is 83.3 Å². The van der Waals surface area contributed by atoms with Crippen molar-refractivity contribution in [3.8, 4) is 0 Å². The van der Waals surface area contributed by atoms with Gasteiger partial charge in [-0.15, -0.1) is 11.3 Å². The number of hydrogen-bond acceptors (Lipinski definition) is 2. The maximum Gasteiger partial charge on any atom is 0.144 e. The van der Waals surface area contributed by atoms with Gasteiger partial charge in [0.25, 0.3) is 0 Å². The number of ketones is 1. The Kier molecular flexibility index (Phi) is 3.05. The van der Waals surface area contributed by atoms with Crippen LogP contribution in [0.5, 0.6) is 0 Å². The van der Waals surface area contributed by atoms with E-state index < -0.39 is 0 Å². The standard InChI is InChI=1S/C18H23BrOS/c1-16-6-12-7-17(2,9-16)11-18(8-12,10-16)14(20)5-13-3-4-15(19)21-13/h3-4,12H,5-11H2,1-2H3. The summed E-state index contributed by atoms with van der Waals surface area (Å²) in [4.78, 5) is 14.4. The summed E-state index contributed by atoms with van der Waals surface area (Å²) in [6, 6.07) is 4.17. The molecule has 2 atom stereocenters. The first-order valence-electron chi connectivity index (χ1n) is 8.08. The van der Waals surface area contributed by atoms with E-state index in [0.717, 1.165) is 22.5 Å². The number of halogens is 1. The first-order valence-corrected chi connectivity index (χ1v) is 9.69. The summed E-state index contributed by atoms with van der Waals surface area (Å²) in [5, 5.41) is 0. The van der Waals surface area contributed by atoms with Gasteiger partial charge in [0.2, 0.25) is 0 Å². The summed E-state index contributed by atoms with van der Waals surface area (Å²) < 4.78 is 1.13. The summed E-state index contributed by atoms with van der Waals surface area (Å²) in [5.41, 5.74) is 0.860. The fourth-order valence-electron chi connectivity index (χ4n) is 6.55. The number of rotatable bonds is 3. The molecule has 114 valence electrons. The van der Waals surface area contributed by atoms with Crippen LogP contribution < -0.4 is 0 Å². The van der Waals surface area contributed by atoms with Gasteiger partial charge in [-0.2, -0.15) is 0 Å². The molecule has 4 aliphatic rings. The fourth-order valence-corrected chi connectivity index (χ4v) is 8.03. The number of carbonyl (C=O) groups is 1. The van der Waals surface area contributed by atoms with Crippen molar-refractivity contribution in [1.29, 1.82) is 0 Å². The maximum absolute atomic E-state index is 13.2. The lowest BCUT2D eigenvalue weighted by molar-refractivity contribution is -0.167. The molecule has 4 aliphatic carbocycles. The lowest BCUT2D eigenvalue weighted by Gasteiger charge is -2.64. The molecular weight excluding hydrogens is 344 g/mol. The van der Waals surface area contributed by atoms with E-state index in [2.05, 4.69) is 41.9 Å². The molecule has 1 aromatic rings. The van der Waals surface area contributed by atoms with Gasteiger partial charge < -0.3 is 0 Å². The van der Waals surface area contributed by atoms with Gasteiger partial charge in [0.1, 0.15) is 5.78 Å². The summed E-state index contributed by atoms with van der Waals surface area (Å²) >= 11 is 5.22. The zero-order valence-electron chi connectivity index (χ0n) is 12.9. The van der Waals surface area contributed by atoms with Crippen molar-refractivity contribution in [1.82, 2.24) is 0 Å². The van der Waals surface area contributed by atoms with Crippen molar-refractivity contribution < 1.29 is 4.79 Å². The Balaban J connectivity index is 1.63. The molecule has 1 heterocycles. The Hall–Kier alpha value is -0.150. The van der Waals surface area contributed by atoms with Crippen LogP contribution in [-0.4, -0.2) is 5.78 Å². The normalized spacial score (nSPS) is 44.2. The van der Waals surface area contributed by atoms with Gasteiger partial charge in [0.15, 0.2) is 0 Å². The minimum atomic E-state index is -0.000612. The predicted octanol–water partition coefficient (Wildman–Crippen LogP) is 5.62. The molecular formula is C18H23BrOS. The van der Waals surface area contributed by atoms with Crippen LogP contribution in [0.15, 0.2) is 15.9 Å². The summed E-state index contributed by atoms with van der Waals surface area (Å²) in [6.45, 7) is 4.89. The van der Waals surface area contributed by atoms with Crippen LogP contribution in [0.4, 0.5) is 0 Å². The number of hydrogen-bond donors (Lipinski definition) is 0. The summed E-state index contributed by atoms with van der Waals surface area (Å²) in [5.74, 6) is 1.33. The van der Waals surface area contributed by atoms with Crippen molar-refractivity contribution in [2.45, 2.75) is 58.8 Å². The Morgan fingerprint density at radius 2 is 1.86 bits per heavy atom. The zero-order chi connectivity index (χ0) is 14.9. The first kappa shape index (κ1) is 14.4. The highest BCUT2D eigenvalue weighted by molar-refractivity contribution is 9.11. The van der Waals surface area contributed by atoms with Crippen molar-refractivity contribution in [2.75, 3.05) is 0 Å². The van der Waals surface area contributed by atoms with Crippen LogP contribution in [0.2, 0.25) is 0 Å². The van der Waals surface area contributed by atoms with Gasteiger partial charge in [-0.3, -0.25) is 4.79 Å². The van der Waals surface area contributed by atoms with E-state index in [1.54, 1.807) is 11.3 Å². The Morgan fingerprint density at radius 3 is 2.38 bits per heavy atom. The topological polar surface area (TPSA) is 17.1 Å². The Labute approximate surface area is 139 Å². The van der Waals surface area contributed by atoms with E-state index in [1.807, 2.05) is 0 Å². The molecule has 0 spiro atoms. The van der Waals surface area contributed by atoms with E-state index in [0.29, 0.717) is 23.0 Å². The van der Waals surface area contributed by atoms with Gasteiger partial charge in [0.05, 0.1) is 3.79 Å². The molecule has 5 rings (SSSR count). The van der Waals surface area contributed by atoms with Crippen molar-refractivity contribution in [3.05, 3.63) is 20.8 Å². The Morgan fingerprint density at radius 1 is 1.19 bits per heavy atom. The van der Waals surface area contributed by atoms with E-state index in [1.165, 1.54) is 30.6 Å². The minimum absolute atomic E-state index is 0.000612. The third-order valence-corrected chi connectivity index (χ3v) is 7.81. The van der Waals surface area contributed by atoms with E-state index in [9.17, 15) is 4.79 Å². The molecule has 1 aromatic heterocycles. The smallest absolute Gasteiger partial charge is 0.144 e. The molecule has 0 amide bonds. The highest BCUT2D eigenvalue weighted by Gasteiger charge is 2.62. The Bertz CT molecular complexity index is 586. The SMILES string of the molecule is CC12CC3CC(C)(C1)CC(C(=O)Cc1ccc(Br)s1)(C3)C2. The lowest BCUT2D eigenvalue weighted by Crippen LogP contribution is -2.57. The van der Waals surface area contributed by atoms with Crippen molar-refractivity contribution in [3.63, 3.8) is 0 Å². The molecule has 0 saturated heterocycles. The zero-order valence-corrected chi connectivity index (χ0v) is 15.3. The molecule has 4 saturated carbocycles. The van der Waals surface area contributed by atoms with Crippen molar-refractivity contribution >= 4 is 33.0 Å². The summed E-state index contributed by atoms with van der Waals surface area (Å²) in [6.07, 6.45) is 8.19. The van der Waals surface area contributed by atoms with Crippen molar-refractivity contribution in [2.24, 2.45) is 22.2 Å². The quantitative estimate of drug-likeness (QED) is 0.678. The first-order chi connectivity index (χ1) is 9.80. The molecule has 3 heteroatoms. The molecule has 4 fully saturated rings. The molecule has 4 bridgehead atoms. The lowest BCUT2D eigenvalue weighted by atomic mass is 9.39. The second-order valence-electron chi connectivity index (χ2n) is 8.72. The molecule has 0 aromatic carbocycles. The molecule has 2 unspecified atom stereocenters. The van der Waals surface area contributed by atoms with Gasteiger partial charge in [-0.1, -0.05) is 13.8 Å². The third-order valence-electron chi connectivity index (χ3n) is 6.18. The highest BCUT2D eigenvalue weighted by Crippen LogP contribution is 2.69. The van der Waals surface area contributed by atoms with Gasteiger partial charge in [0, 0.05) is 16.7 Å². The number of Topliss-reactive ketones (excluding diaryl/α,β-unsaturated/α-hetero) is 1. The van der Waals surface area contributed by atoms with Crippen LogP contribution >= 0.6 is 27.3 Å². The second kappa shape index (κ2) is 4.44. The summed E-state index contributed by atoms with van der Waals surface area (Å²) in [7, 11) is 0. The largest absolute Gasteiger partial charge is 0.299 e. The molecule has 0 N–H and O–H groups in total. The third kappa shape index (κ3) is 2.35. The van der Waals surface area contributed by atoms with Crippen LogP contribution in [0.25, 0.3) is 0 Å². The monoisotopic (exact) mass is 366 g/mol. The second-order valence-corrected chi connectivity index (χ2v) is 11.3. The highest BCUT2D eigenvalue weighted by atomic mass is 79.9. The van der Waals surface area contributed by atoms with Gasteiger partial charge in [-0.25, -0.2) is 0 Å². The maximum atomic E-state index is 13.2. The molecule has 1 nitrogen and oxygen atoms in total. The number of thiophene rings is 1. The van der Waals surface area contributed by atoms with E-state index in [4.69, 9.17) is 0 Å². The van der Waals surface area contributed by atoms with E-state index >= 15 is 0 Å². The van der Waals surface area contributed by atoms with E-state index in [-0.39, 0.29) is 5.41 Å².